The van der Waals surface area contributed by atoms with Gasteiger partial charge in [0.05, 0.1) is 0 Å². The lowest BCUT2D eigenvalue weighted by atomic mass is 10.1. The lowest BCUT2D eigenvalue weighted by molar-refractivity contribution is 0.0919. The largest absolute Gasteiger partial charge is 0.356 e. The van der Waals surface area contributed by atoms with E-state index in [-0.39, 0.29) is 35.4 Å². The Labute approximate surface area is 175 Å². The number of rotatable bonds is 8. The summed E-state index contributed by atoms with van der Waals surface area (Å²) < 4.78 is 0. The Morgan fingerprint density at radius 1 is 1.12 bits per heavy atom. The summed E-state index contributed by atoms with van der Waals surface area (Å²) in [6.45, 7) is 9.70. The highest BCUT2D eigenvalue weighted by Gasteiger charge is 2.15. The maximum Gasteiger partial charge on any atom is 0.251 e. The van der Waals surface area contributed by atoms with E-state index in [1.54, 1.807) is 7.05 Å². The van der Waals surface area contributed by atoms with E-state index in [4.69, 9.17) is 0 Å². The van der Waals surface area contributed by atoms with Crippen LogP contribution in [0.15, 0.2) is 29.3 Å². The Morgan fingerprint density at radius 2 is 1.85 bits per heavy atom. The SMILES string of the molecule is CCCCCCNC(=NC)NCc1cccc(C(=O)NC(C)(C)C)c1.I. The average Bonchev–Trinajstić information content (AvgIpc) is 2.56. The zero-order chi connectivity index (χ0) is 18.7. The van der Waals surface area contributed by atoms with Crippen LogP contribution in [0.2, 0.25) is 0 Å². The van der Waals surface area contributed by atoms with Crippen LogP contribution in [0.5, 0.6) is 0 Å². The fraction of sp³-hybridized carbons (Fsp3) is 0.600. The van der Waals surface area contributed by atoms with Crippen molar-refractivity contribution in [3.63, 3.8) is 0 Å². The number of nitrogens with one attached hydrogen (secondary N) is 3. The van der Waals surface area contributed by atoms with Gasteiger partial charge in [0.1, 0.15) is 0 Å². The number of amides is 1. The zero-order valence-electron chi connectivity index (χ0n) is 16.8. The van der Waals surface area contributed by atoms with Gasteiger partial charge in [0, 0.05) is 31.2 Å². The number of guanidine groups is 1. The Bertz CT molecular complexity index is 567. The van der Waals surface area contributed by atoms with Gasteiger partial charge in [0.2, 0.25) is 0 Å². The van der Waals surface area contributed by atoms with Crippen LogP contribution in [0.1, 0.15) is 69.3 Å². The van der Waals surface area contributed by atoms with Gasteiger partial charge in [0.15, 0.2) is 5.96 Å². The molecule has 5 nitrogen and oxygen atoms in total. The third kappa shape index (κ3) is 10.6. The molecular weight excluding hydrogens is 439 g/mol. The number of hydrogen-bond donors (Lipinski definition) is 3. The van der Waals surface area contributed by atoms with Crippen LogP contribution in [0, 0.1) is 0 Å². The first-order chi connectivity index (χ1) is 11.9. The lowest BCUT2D eigenvalue weighted by Gasteiger charge is -2.20. The molecule has 0 spiro atoms. The Morgan fingerprint density at radius 3 is 2.46 bits per heavy atom. The van der Waals surface area contributed by atoms with Gasteiger partial charge in [0.25, 0.3) is 5.91 Å². The Balaban J connectivity index is 0.00000625. The number of hydrogen-bond acceptors (Lipinski definition) is 2. The van der Waals surface area contributed by atoms with Crippen LogP contribution < -0.4 is 16.0 Å². The highest BCUT2D eigenvalue weighted by Crippen LogP contribution is 2.08. The average molecular weight is 474 g/mol. The van der Waals surface area contributed by atoms with Crippen molar-refractivity contribution in [1.29, 1.82) is 0 Å². The van der Waals surface area contributed by atoms with E-state index in [1.807, 2.05) is 45.0 Å². The maximum atomic E-state index is 12.3. The molecule has 148 valence electrons. The zero-order valence-corrected chi connectivity index (χ0v) is 19.1. The first kappa shape index (κ1) is 24.7. The smallest absolute Gasteiger partial charge is 0.251 e. The summed E-state index contributed by atoms with van der Waals surface area (Å²) in [6.07, 6.45) is 4.91. The van der Waals surface area contributed by atoms with E-state index < -0.39 is 0 Å². The normalized spacial score (nSPS) is 11.5. The van der Waals surface area contributed by atoms with Gasteiger partial charge in [-0.3, -0.25) is 9.79 Å². The summed E-state index contributed by atoms with van der Waals surface area (Å²) in [5.41, 5.74) is 1.49. The van der Waals surface area contributed by atoms with E-state index in [9.17, 15) is 4.79 Å². The minimum Gasteiger partial charge on any atom is -0.356 e. The molecular formula is C20H35IN4O. The van der Waals surface area contributed by atoms with Crippen molar-refractivity contribution in [2.75, 3.05) is 13.6 Å². The second-order valence-corrected chi connectivity index (χ2v) is 7.32. The van der Waals surface area contributed by atoms with Gasteiger partial charge >= 0.3 is 0 Å². The molecule has 1 rings (SSSR count). The number of aliphatic imine (C=N–C) groups is 1. The molecule has 0 radical (unpaired) electrons. The molecule has 1 amide bonds. The van der Waals surface area contributed by atoms with Crippen LogP contribution in [0.25, 0.3) is 0 Å². The van der Waals surface area contributed by atoms with Crippen LogP contribution in [0.4, 0.5) is 0 Å². The predicted octanol–water partition coefficient (Wildman–Crippen LogP) is 4.08. The number of unbranched alkanes of at least 4 members (excludes halogenated alkanes) is 3. The molecule has 0 aliphatic heterocycles. The summed E-state index contributed by atoms with van der Waals surface area (Å²) in [5, 5.41) is 9.61. The van der Waals surface area contributed by atoms with Crippen LogP contribution in [-0.4, -0.2) is 31.0 Å². The summed E-state index contributed by atoms with van der Waals surface area (Å²) in [4.78, 5) is 16.5. The quantitative estimate of drug-likeness (QED) is 0.230. The minimum atomic E-state index is -0.241. The van der Waals surface area contributed by atoms with Crippen molar-refractivity contribution in [2.24, 2.45) is 4.99 Å². The lowest BCUT2D eigenvalue weighted by Crippen LogP contribution is -2.40. The second-order valence-electron chi connectivity index (χ2n) is 7.32. The maximum absolute atomic E-state index is 12.3. The van der Waals surface area contributed by atoms with Gasteiger partial charge in [-0.25, -0.2) is 0 Å². The van der Waals surface area contributed by atoms with E-state index in [1.165, 1.54) is 19.3 Å². The van der Waals surface area contributed by atoms with Gasteiger partial charge in [-0.15, -0.1) is 24.0 Å². The number of benzene rings is 1. The molecule has 0 aliphatic rings. The minimum absolute atomic E-state index is 0. The van der Waals surface area contributed by atoms with Gasteiger partial charge in [-0.05, 0) is 44.9 Å². The molecule has 0 bridgehead atoms. The molecule has 0 atom stereocenters. The molecule has 1 aromatic rings. The molecule has 0 aliphatic carbocycles. The summed E-state index contributed by atoms with van der Waals surface area (Å²) >= 11 is 0. The summed E-state index contributed by atoms with van der Waals surface area (Å²) in [7, 11) is 1.77. The van der Waals surface area contributed by atoms with Crippen molar-refractivity contribution in [1.82, 2.24) is 16.0 Å². The summed E-state index contributed by atoms with van der Waals surface area (Å²) in [6, 6.07) is 7.68. The van der Waals surface area contributed by atoms with Crippen molar-refractivity contribution in [3.05, 3.63) is 35.4 Å². The highest BCUT2D eigenvalue weighted by molar-refractivity contribution is 14.0. The number of nitrogens with zero attached hydrogens (tertiary/aromatic N) is 1. The van der Waals surface area contributed by atoms with E-state index in [2.05, 4.69) is 27.9 Å². The molecule has 26 heavy (non-hydrogen) atoms. The van der Waals surface area contributed by atoms with E-state index in [0.717, 1.165) is 24.5 Å². The van der Waals surface area contributed by atoms with Crippen LogP contribution >= 0.6 is 24.0 Å². The molecule has 0 unspecified atom stereocenters. The van der Waals surface area contributed by atoms with Crippen LogP contribution in [0.3, 0.4) is 0 Å². The molecule has 1 aromatic carbocycles. The molecule has 0 fully saturated rings. The highest BCUT2D eigenvalue weighted by atomic mass is 127. The van der Waals surface area contributed by atoms with Crippen LogP contribution in [-0.2, 0) is 6.54 Å². The number of carbonyl (C=O) groups excluding carboxylic acids is 1. The molecule has 0 saturated heterocycles. The summed E-state index contributed by atoms with van der Waals surface area (Å²) in [5.74, 6) is 0.744. The molecule has 3 N–H and O–H groups in total. The molecule has 0 aromatic heterocycles. The monoisotopic (exact) mass is 474 g/mol. The third-order valence-corrected chi connectivity index (χ3v) is 3.68. The van der Waals surface area contributed by atoms with Gasteiger partial charge in [-0.1, -0.05) is 38.3 Å². The molecule has 0 saturated carbocycles. The second kappa shape index (κ2) is 12.9. The van der Waals surface area contributed by atoms with Gasteiger partial charge < -0.3 is 16.0 Å². The first-order valence-corrected chi connectivity index (χ1v) is 9.21. The van der Waals surface area contributed by atoms with E-state index in [0.29, 0.717) is 12.1 Å². The van der Waals surface area contributed by atoms with Crippen molar-refractivity contribution in [3.8, 4) is 0 Å². The van der Waals surface area contributed by atoms with Crippen molar-refractivity contribution in [2.45, 2.75) is 65.5 Å². The topological polar surface area (TPSA) is 65.5 Å². The third-order valence-electron chi connectivity index (χ3n) is 3.68. The van der Waals surface area contributed by atoms with Crippen molar-refractivity contribution >= 4 is 35.8 Å². The Hall–Kier alpha value is -1.31. The van der Waals surface area contributed by atoms with E-state index >= 15 is 0 Å². The first-order valence-electron chi connectivity index (χ1n) is 9.21. The number of halogens is 1. The molecule has 0 heterocycles. The Kier molecular flexibility index (Phi) is 12.3. The number of carbonyl (C=O) groups is 1. The predicted molar refractivity (Wildman–Crippen MR) is 121 cm³/mol. The van der Waals surface area contributed by atoms with Gasteiger partial charge in [-0.2, -0.15) is 0 Å². The molecule has 6 heteroatoms. The standard InChI is InChI=1S/C20H34N4O.HI/c1-6-7-8-9-13-22-19(21-5)23-15-16-11-10-12-17(14-16)18(25)24-20(2,3)4;/h10-12,14H,6-9,13,15H2,1-5H3,(H,24,25)(H2,21,22,23);1H. The fourth-order valence-corrected chi connectivity index (χ4v) is 2.40. The van der Waals surface area contributed by atoms with Crippen molar-refractivity contribution < 1.29 is 4.79 Å². The fourth-order valence-electron chi connectivity index (χ4n) is 2.40.